The highest BCUT2D eigenvalue weighted by Gasteiger charge is 2.42. The first kappa shape index (κ1) is 18.3. The maximum Gasteiger partial charge on any atom is 0.329 e. The van der Waals surface area contributed by atoms with E-state index in [4.69, 9.17) is 9.47 Å². The Balaban J connectivity index is 2.01. The lowest BCUT2D eigenvalue weighted by atomic mass is 9.77. The van der Waals surface area contributed by atoms with E-state index in [-0.39, 0.29) is 5.91 Å². The lowest BCUT2D eigenvalue weighted by Crippen LogP contribution is -2.56. The minimum Gasteiger partial charge on any atom is -0.491 e. The maximum atomic E-state index is 12.4. The topological polar surface area (TPSA) is 84.9 Å². The lowest BCUT2D eigenvalue weighted by molar-refractivity contribution is -0.146. The van der Waals surface area contributed by atoms with Crippen molar-refractivity contribution in [2.24, 2.45) is 5.92 Å². The summed E-state index contributed by atoms with van der Waals surface area (Å²) in [6.07, 6.45) is 2.54. The Morgan fingerprint density at radius 1 is 1.21 bits per heavy atom. The van der Waals surface area contributed by atoms with E-state index in [0.29, 0.717) is 43.3 Å². The highest BCUT2D eigenvalue weighted by atomic mass is 16.5. The summed E-state index contributed by atoms with van der Waals surface area (Å²) in [5.74, 6) is -0.182. The van der Waals surface area contributed by atoms with Crippen LogP contribution in [0.4, 0.5) is 0 Å². The molecular weight excluding hydrogens is 310 g/mol. The number of carboxylic acids is 1. The van der Waals surface area contributed by atoms with E-state index in [0.717, 1.165) is 12.8 Å². The Labute approximate surface area is 142 Å². The minimum atomic E-state index is -1.16. The van der Waals surface area contributed by atoms with Crippen molar-refractivity contribution in [1.29, 1.82) is 0 Å². The number of amides is 1. The van der Waals surface area contributed by atoms with E-state index in [1.807, 2.05) is 0 Å². The Hall–Kier alpha value is -2.08. The molecule has 132 valence electrons. The molecule has 0 heterocycles. The second-order valence-electron chi connectivity index (χ2n) is 6.39. The second-order valence-corrected chi connectivity index (χ2v) is 6.39. The van der Waals surface area contributed by atoms with Gasteiger partial charge < -0.3 is 19.9 Å². The van der Waals surface area contributed by atoms with E-state index in [2.05, 4.69) is 12.2 Å². The molecule has 1 aliphatic carbocycles. The second kappa shape index (κ2) is 8.15. The van der Waals surface area contributed by atoms with Gasteiger partial charge in [0.1, 0.15) is 17.9 Å². The molecule has 1 fully saturated rings. The van der Waals surface area contributed by atoms with Crippen molar-refractivity contribution in [2.45, 2.75) is 38.1 Å². The summed E-state index contributed by atoms with van der Waals surface area (Å²) in [5.41, 5.74) is -0.731. The van der Waals surface area contributed by atoms with Crippen molar-refractivity contribution in [2.75, 3.05) is 20.3 Å². The summed E-state index contributed by atoms with van der Waals surface area (Å²) in [4.78, 5) is 24.1. The number of carbonyl (C=O) groups excluding carboxylic acids is 1. The zero-order valence-electron chi connectivity index (χ0n) is 14.2. The molecule has 1 aliphatic rings. The molecular formula is C18H25NO5. The van der Waals surface area contributed by atoms with E-state index in [1.54, 1.807) is 31.4 Å². The molecule has 2 rings (SSSR count). The number of hydrogen-bond donors (Lipinski definition) is 2. The van der Waals surface area contributed by atoms with Crippen molar-refractivity contribution >= 4 is 11.9 Å². The monoisotopic (exact) mass is 335 g/mol. The molecule has 1 aromatic carbocycles. The number of ether oxygens (including phenoxy) is 2. The molecule has 1 amide bonds. The summed E-state index contributed by atoms with van der Waals surface area (Å²) >= 11 is 0. The number of methoxy groups -OCH3 is 1. The average molecular weight is 335 g/mol. The normalized spacial score (nSPS) is 23.5. The minimum absolute atomic E-state index is 0.365. The van der Waals surface area contributed by atoms with Crippen LogP contribution in [0.1, 0.15) is 43.0 Å². The first-order chi connectivity index (χ1) is 11.5. The average Bonchev–Trinajstić information content (AvgIpc) is 2.58. The van der Waals surface area contributed by atoms with Crippen molar-refractivity contribution in [1.82, 2.24) is 5.32 Å². The van der Waals surface area contributed by atoms with Crippen LogP contribution in [0, 0.1) is 5.92 Å². The molecule has 1 aromatic rings. The molecule has 24 heavy (non-hydrogen) atoms. The number of rotatable bonds is 7. The van der Waals surface area contributed by atoms with Crippen LogP contribution < -0.4 is 10.1 Å². The molecule has 0 aliphatic heterocycles. The molecule has 6 nitrogen and oxygen atoms in total. The molecule has 0 unspecified atom stereocenters. The summed E-state index contributed by atoms with van der Waals surface area (Å²) in [6.45, 7) is 3.03. The fourth-order valence-electron chi connectivity index (χ4n) is 2.88. The van der Waals surface area contributed by atoms with Gasteiger partial charge >= 0.3 is 5.97 Å². The lowest BCUT2D eigenvalue weighted by Gasteiger charge is -2.36. The van der Waals surface area contributed by atoms with Gasteiger partial charge in [0.25, 0.3) is 5.91 Å². The van der Waals surface area contributed by atoms with Crippen LogP contribution in [0.25, 0.3) is 0 Å². The molecule has 2 N–H and O–H groups in total. The summed E-state index contributed by atoms with van der Waals surface area (Å²) in [7, 11) is 1.60. The number of carbonyl (C=O) groups is 2. The smallest absolute Gasteiger partial charge is 0.329 e. The van der Waals surface area contributed by atoms with Gasteiger partial charge in [0.15, 0.2) is 0 Å². The van der Waals surface area contributed by atoms with Crippen LogP contribution in [0.15, 0.2) is 24.3 Å². The maximum absolute atomic E-state index is 12.4. The van der Waals surface area contributed by atoms with Gasteiger partial charge in [-0.05, 0) is 55.9 Å². The van der Waals surface area contributed by atoms with Crippen molar-refractivity contribution in [3.63, 3.8) is 0 Å². The van der Waals surface area contributed by atoms with Gasteiger partial charge in [-0.25, -0.2) is 4.79 Å². The fraction of sp³-hybridized carbons (Fsp3) is 0.556. The van der Waals surface area contributed by atoms with Gasteiger partial charge in [0.2, 0.25) is 0 Å². The van der Waals surface area contributed by atoms with Gasteiger partial charge in [-0.3, -0.25) is 4.79 Å². The van der Waals surface area contributed by atoms with Gasteiger partial charge in [-0.2, -0.15) is 0 Å². The molecule has 0 atom stereocenters. The zero-order chi connectivity index (χ0) is 17.6. The van der Waals surface area contributed by atoms with Crippen molar-refractivity contribution in [3.8, 4) is 5.75 Å². The van der Waals surface area contributed by atoms with Crippen molar-refractivity contribution in [3.05, 3.63) is 29.8 Å². The molecule has 1 saturated carbocycles. The summed E-state index contributed by atoms with van der Waals surface area (Å²) in [6, 6.07) is 6.67. The Bertz CT molecular complexity index is 561. The quantitative estimate of drug-likeness (QED) is 0.748. The van der Waals surface area contributed by atoms with E-state index >= 15 is 0 Å². The van der Waals surface area contributed by atoms with Crippen LogP contribution in [0.5, 0.6) is 5.75 Å². The van der Waals surface area contributed by atoms with Crippen LogP contribution >= 0.6 is 0 Å². The SMILES string of the molecule is COCCOc1ccc(C(=O)NC2(C(=O)O)CCC(C)CC2)cc1. The molecule has 0 saturated heterocycles. The molecule has 0 bridgehead atoms. The fourth-order valence-corrected chi connectivity index (χ4v) is 2.88. The van der Waals surface area contributed by atoms with Crippen molar-refractivity contribution < 1.29 is 24.2 Å². The van der Waals surface area contributed by atoms with Gasteiger partial charge in [0, 0.05) is 12.7 Å². The number of benzene rings is 1. The largest absolute Gasteiger partial charge is 0.491 e. The third-order valence-electron chi connectivity index (χ3n) is 4.56. The van der Waals surface area contributed by atoms with E-state index in [9.17, 15) is 14.7 Å². The molecule has 0 spiro atoms. The van der Waals surface area contributed by atoms with Gasteiger partial charge in [0.05, 0.1) is 6.61 Å². The van der Waals surface area contributed by atoms with Gasteiger partial charge in [-0.1, -0.05) is 6.92 Å². The van der Waals surface area contributed by atoms with Crippen LogP contribution in [0.2, 0.25) is 0 Å². The van der Waals surface area contributed by atoms with Gasteiger partial charge in [-0.15, -0.1) is 0 Å². The standard InChI is InChI=1S/C18H25NO5/c1-13-7-9-18(10-8-13,17(21)22)19-16(20)14-3-5-15(6-4-14)24-12-11-23-2/h3-6,13H,7-12H2,1-2H3,(H,19,20)(H,21,22). The number of aliphatic carboxylic acids is 1. The highest BCUT2D eigenvalue weighted by molar-refractivity contribution is 5.98. The molecule has 6 heteroatoms. The number of nitrogens with one attached hydrogen (secondary N) is 1. The highest BCUT2D eigenvalue weighted by Crippen LogP contribution is 2.32. The third-order valence-corrected chi connectivity index (χ3v) is 4.56. The number of carboxylic acid groups (broad SMARTS) is 1. The first-order valence-corrected chi connectivity index (χ1v) is 8.24. The van der Waals surface area contributed by atoms with Crippen LogP contribution in [-0.2, 0) is 9.53 Å². The number of hydrogen-bond acceptors (Lipinski definition) is 4. The summed E-state index contributed by atoms with van der Waals surface area (Å²) in [5, 5.41) is 12.3. The summed E-state index contributed by atoms with van der Waals surface area (Å²) < 4.78 is 10.4. The Morgan fingerprint density at radius 2 is 1.83 bits per heavy atom. The molecule has 0 aromatic heterocycles. The van der Waals surface area contributed by atoms with E-state index in [1.165, 1.54) is 0 Å². The predicted octanol–water partition coefficient (Wildman–Crippen LogP) is 2.48. The van der Waals surface area contributed by atoms with Crippen LogP contribution in [-0.4, -0.2) is 42.8 Å². The molecule has 0 radical (unpaired) electrons. The van der Waals surface area contributed by atoms with E-state index < -0.39 is 11.5 Å². The van der Waals surface area contributed by atoms with Crippen LogP contribution in [0.3, 0.4) is 0 Å². The predicted molar refractivity (Wildman–Crippen MR) is 89.3 cm³/mol. The Kier molecular flexibility index (Phi) is 6.20. The Morgan fingerprint density at radius 3 is 2.38 bits per heavy atom. The zero-order valence-corrected chi connectivity index (χ0v) is 14.2. The first-order valence-electron chi connectivity index (χ1n) is 8.24. The third kappa shape index (κ3) is 4.47.